The lowest BCUT2D eigenvalue weighted by molar-refractivity contribution is -0.162. The second-order valence-corrected chi connectivity index (χ2v) is 7.82. The Labute approximate surface area is 171 Å². The van der Waals surface area contributed by atoms with Crippen molar-refractivity contribution in [2.24, 2.45) is 11.3 Å². The van der Waals surface area contributed by atoms with Gasteiger partial charge in [-0.25, -0.2) is 0 Å². The van der Waals surface area contributed by atoms with Crippen molar-refractivity contribution in [3.05, 3.63) is 35.4 Å². The summed E-state index contributed by atoms with van der Waals surface area (Å²) in [7, 11) is 3.13. The molecular weight excluding hydrogens is 376 g/mol. The fraction of sp³-hybridized carbons (Fsp3) is 0.545. The highest BCUT2D eigenvalue weighted by atomic mass is 16.5. The fourth-order valence-corrected chi connectivity index (χ4v) is 3.91. The van der Waals surface area contributed by atoms with Gasteiger partial charge >= 0.3 is 11.9 Å². The molecule has 0 fully saturated rings. The van der Waals surface area contributed by atoms with Crippen molar-refractivity contribution >= 4 is 11.9 Å². The van der Waals surface area contributed by atoms with E-state index in [-0.39, 0.29) is 5.92 Å². The molecule has 0 bridgehead atoms. The van der Waals surface area contributed by atoms with E-state index in [1.54, 1.807) is 33.3 Å². The van der Waals surface area contributed by atoms with E-state index in [4.69, 9.17) is 14.2 Å². The molecule has 0 amide bonds. The third kappa shape index (κ3) is 4.56. The summed E-state index contributed by atoms with van der Waals surface area (Å²) in [5.74, 6) is -0.986. The monoisotopic (exact) mass is 406 g/mol. The molecule has 5 unspecified atom stereocenters. The minimum Gasteiger partial charge on any atom is -0.497 e. The van der Waals surface area contributed by atoms with E-state index < -0.39 is 35.5 Å². The molecule has 160 valence electrons. The first-order valence-corrected chi connectivity index (χ1v) is 9.55. The van der Waals surface area contributed by atoms with Crippen LogP contribution in [0.5, 0.6) is 11.5 Å². The van der Waals surface area contributed by atoms with Crippen molar-refractivity contribution in [3.8, 4) is 11.5 Å². The Balaban J connectivity index is 2.41. The van der Waals surface area contributed by atoms with E-state index in [0.29, 0.717) is 23.5 Å². The Kier molecular flexibility index (Phi) is 6.95. The summed E-state index contributed by atoms with van der Waals surface area (Å²) >= 11 is 0. The lowest BCUT2D eigenvalue weighted by atomic mass is 9.65. The highest BCUT2D eigenvalue weighted by Gasteiger charge is 2.52. The molecule has 5 atom stereocenters. The minimum atomic E-state index is -1.45. The van der Waals surface area contributed by atoms with Gasteiger partial charge in [-0.3, -0.25) is 9.59 Å². The molecule has 1 aromatic carbocycles. The predicted octanol–water partition coefficient (Wildman–Crippen LogP) is 3.16. The molecule has 7 nitrogen and oxygen atoms in total. The van der Waals surface area contributed by atoms with Crippen molar-refractivity contribution in [1.82, 2.24) is 0 Å². The highest BCUT2D eigenvalue weighted by molar-refractivity contribution is 5.79. The maximum Gasteiger partial charge on any atom is 0.316 e. The number of ether oxygens (including phenoxy) is 3. The molecule has 7 heteroatoms. The van der Waals surface area contributed by atoms with Crippen LogP contribution in [0.25, 0.3) is 0 Å². The second kappa shape index (κ2) is 8.86. The molecule has 2 N–H and O–H groups in total. The average Bonchev–Trinajstić information content (AvgIpc) is 2.67. The number of benzene rings is 1. The Morgan fingerprint density at radius 3 is 2.17 bits per heavy atom. The number of rotatable bonds is 7. The summed E-state index contributed by atoms with van der Waals surface area (Å²) < 4.78 is 16.1. The van der Waals surface area contributed by atoms with Crippen molar-refractivity contribution in [3.63, 3.8) is 0 Å². The number of carbonyl (C=O) groups excluding carboxylic acids is 1. The van der Waals surface area contributed by atoms with Crippen LogP contribution in [0.3, 0.4) is 0 Å². The van der Waals surface area contributed by atoms with E-state index >= 15 is 0 Å². The van der Waals surface area contributed by atoms with Crippen LogP contribution in [0, 0.1) is 11.3 Å². The lowest BCUT2D eigenvalue weighted by Gasteiger charge is -2.43. The van der Waals surface area contributed by atoms with Crippen molar-refractivity contribution in [2.45, 2.75) is 52.2 Å². The maximum absolute atomic E-state index is 12.0. The molecule has 2 rings (SSSR count). The largest absolute Gasteiger partial charge is 0.497 e. The third-order valence-corrected chi connectivity index (χ3v) is 5.97. The number of carboxylic acid groups (broad SMARTS) is 1. The number of hydrogen-bond acceptors (Lipinski definition) is 6. The number of esters is 1. The molecule has 1 aliphatic carbocycles. The first-order chi connectivity index (χ1) is 13.5. The molecule has 0 radical (unpaired) electrons. The standard InChI is InChI=1S/C22H30O7/c1-12(15-9-16(27-5)11-17(10-15)28-6)7-18-19(29-14(3)23)8-13(2)22(4,20(18)24)21(25)26/h8-12,18-20,24H,7H2,1-6H3,(H,25,26). The summed E-state index contributed by atoms with van der Waals surface area (Å²) in [6.45, 7) is 6.41. The Hall–Kier alpha value is -2.54. The summed E-state index contributed by atoms with van der Waals surface area (Å²) in [4.78, 5) is 23.6. The number of methoxy groups -OCH3 is 2. The van der Waals surface area contributed by atoms with Crippen LogP contribution in [-0.4, -0.2) is 48.6 Å². The van der Waals surface area contributed by atoms with Crippen molar-refractivity contribution < 1.29 is 34.0 Å². The Morgan fingerprint density at radius 2 is 1.72 bits per heavy atom. The van der Waals surface area contributed by atoms with Crippen molar-refractivity contribution in [2.75, 3.05) is 14.2 Å². The van der Waals surface area contributed by atoms with Crippen LogP contribution in [0.1, 0.15) is 45.6 Å². The van der Waals surface area contributed by atoms with Gasteiger partial charge in [-0.05, 0) is 50.0 Å². The molecule has 0 saturated heterocycles. The zero-order valence-electron chi connectivity index (χ0n) is 17.8. The van der Waals surface area contributed by atoms with E-state index in [1.807, 2.05) is 19.1 Å². The first kappa shape index (κ1) is 22.7. The summed E-state index contributed by atoms with van der Waals surface area (Å²) in [6, 6.07) is 5.52. The molecular formula is C22H30O7. The topological polar surface area (TPSA) is 102 Å². The Bertz CT molecular complexity index is 778. The van der Waals surface area contributed by atoms with Gasteiger partial charge in [-0.15, -0.1) is 0 Å². The SMILES string of the molecule is COc1cc(OC)cc(C(C)CC2C(OC(C)=O)C=C(C)C(C)(C(=O)O)C2O)c1. The number of hydrogen-bond donors (Lipinski definition) is 2. The molecule has 0 spiro atoms. The van der Waals surface area contributed by atoms with Crippen LogP contribution >= 0.6 is 0 Å². The summed E-state index contributed by atoms with van der Waals surface area (Å²) in [5.41, 5.74) is -0.0680. The normalized spacial score (nSPS) is 27.6. The maximum atomic E-state index is 12.0. The third-order valence-electron chi connectivity index (χ3n) is 5.97. The van der Waals surface area contributed by atoms with Gasteiger partial charge in [0, 0.05) is 18.9 Å². The minimum absolute atomic E-state index is 0.0819. The lowest BCUT2D eigenvalue weighted by Crippen LogP contribution is -2.52. The fourth-order valence-electron chi connectivity index (χ4n) is 3.91. The Morgan fingerprint density at radius 1 is 1.17 bits per heavy atom. The average molecular weight is 406 g/mol. The molecule has 1 aliphatic rings. The van der Waals surface area contributed by atoms with Gasteiger partial charge in [0.1, 0.15) is 23.0 Å². The van der Waals surface area contributed by atoms with Gasteiger partial charge < -0.3 is 24.4 Å². The molecule has 29 heavy (non-hydrogen) atoms. The van der Waals surface area contributed by atoms with Gasteiger partial charge in [0.25, 0.3) is 0 Å². The van der Waals surface area contributed by atoms with Gasteiger partial charge in [0.05, 0.1) is 20.3 Å². The van der Waals surface area contributed by atoms with Crippen LogP contribution < -0.4 is 9.47 Å². The quantitative estimate of drug-likeness (QED) is 0.530. The van der Waals surface area contributed by atoms with Crippen LogP contribution in [-0.2, 0) is 14.3 Å². The molecule has 0 heterocycles. The van der Waals surface area contributed by atoms with Gasteiger partial charge in [-0.2, -0.15) is 0 Å². The molecule has 1 aromatic rings. The van der Waals surface area contributed by atoms with E-state index in [2.05, 4.69) is 0 Å². The van der Waals surface area contributed by atoms with Crippen LogP contribution in [0.15, 0.2) is 29.8 Å². The number of aliphatic carboxylic acids is 1. The van der Waals surface area contributed by atoms with Gasteiger partial charge in [0.2, 0.25) is 0 Å². The van der Waals surface area contributed by atoms with Crippen LogP contribution in [0.4, 0.5) is 0 Å². The highest BCUT2D eigenvalue weighted by Crippen LogP contribution is 2.45. The van der Waals surface area contributed by atoms with Gasteiger partial charge in [-0.1, -0.05) is 12.5 Å². The summed E-state index contributed by atoms with van der Waals surface area (Å²) in [6.07, 6.45) is 0.127. The van der Waals surface area contributed by atoms with Crippen molar-refractivity contribution in [1.29, 1.82) is 0 Å². The van der Waals surface area contributed by atoms with E-state index in [0.717, 1.165) is 5.56 Å². The smallest absolute Gasteiger partial charge is 0.316 e. The summed E-state index contributed by atoms with van der Waals surface area (Å²) in [5, 5.41) is 20.8. The predicted molar refractivity (Wildman–Crippen MR) is 107 cm³/mol. The van der Waals surface area contributed by atoms with E-state index in [1.165, 1.54) is 13.8 Å². The number of carboxylic acids is 1. The number of aliphatic hydroxyl groups is 1. The first-order valence-electron chi connectivity index (χ1n) is 9.55. The number of aliphatic hydroxyl groups excluding tert-OH is 1. The van der Waals surface area contributed by atoms with E-state index in [9.17, 15) is 19.8 Å². The molecule has 0 saturated carbocycles. The molecule has 0 aliphatic heterocycles. The molecule has 0 aromatic heterocycles. The zero-order valence-corrected chi connectivity index (χ0v) is 17.8. The second-order valence-electron chi connectivity index (χ2n) is 7.82. The van der Waals surface area contributed by atoms with Gasteiger partial charge in [0.15, 0.2) is 0 Å². The van der Waals surface area contributed by atoms with Crippen LogP contribution in [0.2, 0.25) is 0 Å². The zero-order chi connectivity index (χ0) is 21.9. The number of carbonyl (C=O) groups is 2.